The Morgan fingerprint density at radius 3 is 2.70 bits per heavy atom. The molecule has 3 rings (SSSR count). The number of nitrogens with two attached hydrogens (primary N) is 1. The summed E-state index contributed by atoms with van der Waals surface area (Å²) in [4.78, 5) is 17.1. The van der Waals surface area contributed by atoms with Gasteiger partial charge in [0.1, 0.15) is 18.0 Å². The highest BCUT2D eigenvalue weighted by atomic mass is 32.2. The summed E-state index contributed by atoms with van der Waals surface area (Å²) in [6.45, 7) is 0.980. The van der Waals surface area contributed by atoms with E-state index in [1.807, 2.05) is 0 Å². The second-order valence-electron chi connectivity index (χ2n) is 5.86. The quantitative estimate of drug-likeness (QED) is 0.847. The zero-order valence-electron chi connectivity index (χ0n) is 12.6. The Morgan fingerprint density at radius 1 is 1.35 bits per heavy atom. The number of pyridine rings is 1. The number of nitrogens with zero attached hydrogens (tertiary/aromatic N) is 3. The number of halogens is 1. The minimum absolute atomic E-state index is 0.000115. The minimum atomic E-state index is -3.59. The summed E-state index contributed by atoms with van der Waals surface area (Å²) in [5.74, 6) is -0.381. The van der Waals surface area contributed by atoms with E-state index in [0.29, 0.717) is 13.1 Å². The van der Waals surface area contributed by atoms with Crippen molar-refractivity contribution in [3.63, 3.8) is 0 Å². The van der Waals surface area contributed by atoms with Gasteiger partial charge in [0.25, 0.3) is 0 Å². The summed E-state index contributed by atoms with van der Waals surface area (Å²) in [6.07, 6.45) is 1.86. The molecule has 126 valence electrons. The van der Waals surface area contributed by atoms with E-state index in [-0.39, 0.29) is 23.7 Å². The molecule has 1 aromatic rings. The lowest BCUT2D eigenvalue weighted by molar-refractivity contribution is -0.119. The molecule has 7 nitrogen and oxygen atoms in total. The molecule has 0 aromatic carbocycles. The first-order chi connectivity index (χ1) is 10.9. The van der Waals surface area contributed by atoms with Gasteiger partial charge in [0.2, 0.25) is 15.9 Å². The molecule has 2 saturated heterocycles. The van der Waals surface area contributed by atoms with Crippen molar-refractivity contribution in [1.29, 1.82) is 0 Å². The van der Waals surface area contributed by atoms with Crippen molar-refractivity contribution in [2.24, 2.45) is 5.73 Å². The molecule has 0 radical (unpaired) electrons. The van der Waals surface area contributed by atoms with Gasteiger partial charge in [-0.25, -0.2) is 17.8 Å². The van der Waals surface area contributed by atoms with Crippen LogP contribution in [0.4, 0.5) is 10.2 Å². The number of carbonyl (C=O) groups excluding carboxylic acids is 1. The van der Waals surface area contributed by atoms with Gasteiger partial charge in [-0.1, -0.05) is 0 Å². The van der Waals surface area contributed by atoms with Crippen LogP contribution in [0.2, 0.25) is 0 Å². The second-order valence-corrected chi connectivity index (χ2v) is 7.80. The lowest BCUT2D eigenvalue weighted by Crippen LogP contribution is -2.40. The van der Waals surface area contributed by atoms with Gasteiger partial charge < -0.3 is 10.6 Å². The van der Waals surface area contributed by atoms with Crippen molar-refractivity contribution >= 4 is 21.7 Å². The van der Waals surface area contributed by atoms with Crippen LogP contribution in [0.1, 0.15) is 19.3 Å². The average molecular weight is 342 g/mol. The van der Waals surface area contributed by atoms with Crippen molar-refractivity contribution in [3.05, 3.63) is 18.3 Å². The molecular formula is C14H19FN4O3S. The third kappa shape index (κ3) is 3.02. The van der Waals surface area contributed by atoms with Gasteiger partial charge in [-0.15, -0.1) is 0 Å². The fourth-order valence-corrected chi connectivity index (χ4v) is 4.63. The maximum Gasteiger partial charge on any atom is 0.243 e. The summed E-state index contributed by atoms with van der Waals surface area (Å²) in [7, 11) is -3.59. The molecule has 0 saturated carbocycles. The van der Waals surface area contributed by atoms with Crippen LogP contribution in [0.15, 0.2) is 23.2 Å². The zero-order valence-corrected chi connectivity index (χ0v) is 13.4. The highest BCUT2D eigenvalue weighted by Gasteiger charge is 2.37. The number of anilines is 1. The molecule has 0 unspecified atom stereocenters. The largest absolute Gasteiger partial charge is 0.368 e. The van der Waals surface area contributed by atoms with Crippen LogP contribution in [0.3, 0.4) is 0 Å². The molecule has 0 spiro atoms. The summed E-state index contributed by atoms with van der Waals surface area (Å²) >= 11 is 0. The monoisotopic (exact) mass is 342 g/mol. The van der Waals surface area contributed by atoms with Crippen molar-refractivity contribution in [2.75, 3.05) is 24.5 Å². The van der Waals surface area contributed by atoms with Crippen molar-refractivity contribution in [1.82, 2.24) is 9.29 Å². The fraction of sp³-hybridized carbons (Fsp3) is 0.571. The number of hydrogen-bond donors (Lipinski definition) is 1. The van der Waals surface area contributed by atoms with Gasteiger partial charge in [0.15, 0.2) is 0 Å². The first-order valence-corrected chi connectivity index (χ1v) is 9.00. The molecule has 23 heavy (non-hydrogen) atoms. The van der Waals surface area contributed by atoms with E-state index in [1.54, 1.807) is 0 Å². The maximum absolute atomic E-state index is 13.6. The maximum atomic E-state index is 13.6. The molecule has 1 amide bonds. The molecule has 0 aliphatic carbocycles. The smallest absolute Gasteiger partial charge is 0.243 e. The normalized spacial score (nSPS) is 25.9. The summed E-state index contributed by atoms with van der Waals surface area (Å²) in [6, 6.07) is 2.00. The second kappa shape index (κ2) is 6.04. The Labute approximate surface area is 134 Å². The molecule has 2 aliphatic rings. The van der Waals surface area contributed by atoms with Crippen molar-refractivity contribution < 1.29 is 17.6 Å². The van der Waals surface area contributed by atoms with Crippen LogP contribution in [-0.2, 0) is 14.8 Å². The highest BCUT2D eigenvalue weighted by Crippen LogP contribution is 2.28. The topological polar surface area (TPSA) is 96.6 Å². The molecule has 1 aromatic heterocycles. The number of sulfonamides is 1. The Kier molecular flexibility index (Phi) is 4.24. The van der Waals surface area contributed by atoms with E-state index in [1.165, 1.54) is 27.5 Å². The van der Waals surface area contributed by atoms with Crippen LogP contribution in [0.5, 0.6) is 0 Å². The number of aromatic nitrogens is 1. The van der Waals surface area contributed by atoms with E-state index in [9.17, 15) is 17.6 Å². The van der Waals surface area contributed by atoms with Crippen LogP contribution < -0.4 is 10.6 Å². The van der Waals surface area contributed by atoms with E-state index >= 15 is 0 Å². The first kappa shape index (κ1) is 16.1. The van der Waals surface area contributed by atoms with Crippen LogP contribution in [-0.4, -0.2) is 55.5 Å². The number of primary amides is 1. The summed E-state index contributed by atoms with van der Waals surface area (Å²) in [5, 5.41) is 0. The van der Waals surface area contributed by atoms with Gasteiger partial charge in [-0.05, 0) is 18.9 Å². The Morgan fingerprint density at radius 2 is 2.04 bits per heavy atom. The third-order valence-electron chi connectivity index (χ3n) is 4.29. The third-order valence-corrected chi connectivity index (χ3v) is 6.19. The van der Waals surface area contributed by atoms with E-state index in [2.05, 4.69) is 4.98 Å². The SMILES string of the molecule is NC(=O)[C@@H]1C[C@@H](F)CN1c1cc(S(=O)(=O)N2CCCC2)ccn1. The molecule has 2 aliphatic heterocycles. The average Bonchev–Trinajstić information content (AvgIpc) is 3.17. The Bertz CT molecular complexity index is 706. The number of alkyl halides is 1. The predicted octanol–water partition coefficient (Wildman–Crippen LogP) is 0.268. The lowest BCUT2D eigenvalue weighted by atomic mass is 10.2. The van der Waals surface area contributed by atoms with Crippen LogP contribution in [0, 0.1) is 0 Å². The lowest BCUT2D eigenvalue weighted by Gasteiger charge is -2.23. The number of hydrogen-bond acceptors (Lipinski definition) is 5. The molecule has 2 N–H and O–H groups in total. The summed E-state index contributed by atoms with van der Waals surface area (Å²) < 4.78 is 40.3. The first-order valence-electron chi connectivity index (χ1n) is 7.56. The number of amides is 1. The predicted molar refractivity (Wildman–Crippen MR) is 82.1 cm³/mol. The Hall–Kier alpha value is -1.74. The molecule has 9 heteroatoms. The molecular weight excluding hydrogens is 323 g/mol. The van der Waals surface area contributed by atoms with Gasteiger partial charge in [-0.3, -0.25) is 4.79 Å². The van der Waals surface area contributed by atoms with Crippen LogP contribution in [0.25, 0.3) is 0 Å². The van der Waals surface area contributed by atoms with Gasteiger partial charge in [-0.2, -0.15) is 4.31 Å². The van der Waals surface area contributed by atoms with E-state index in [4.69, 9.17) is 5.73 Å². The zero-order chi connectivity index (χ0) is 16.6. The van der Waals surface area contributed by atoms with Crippen LogP contribution >= 0.6 is 0 Å². The van der Waals surface area contributed by atoms with E-state index in [0.717, 1.165) is 12.8 Å². The van der Waals surface area contributed by atoms with Gasteiger partial charge >= 0.3 is 0 Å². The Balaban J connectivity index is 1.92. The van der Waals surface area contributed by atoms with Gasteiger partial charge in [0.05, 0.1) is 11.4 Å². The highest BCUT2D eigenvalue weighted by molar-refractivity contribution is 7.89. The standard InChI is InChI=1S/C14H19FN4O3S/c15-10-7-12(14(16)20)19(9-10)13-8-11(3-4-17-13)23(21,22)18-5-1-2-6-18/h3-4,8,10,12H,1-2,5-7,9H2,(H2,16,20)/t10-,12+/m1/s1. The van der Waals surface area contributed by atoms with E-state index < -0.39 is 28.1 Å². The summed E-state index contributed by atoms with van der Waals surface area (Å²) in [5.41, 5.74) is 5.31. The number of carbonyl (C=O) groups is 1. The molecule has 2 fully saturated rings. The molecule has 2 atom stereocenters. The minimum Gasteiger partial charge on any atom is -0.368 e. The van der Waals surface area contributed by atoms with Crippen molar-refractivity contribution in [3.8, 4) is 0 Å². The molecule has 3 heterocycles. The van der Waals surface area contributed by atoms with Gasteiger partial charge in [0, 0.05) is 31.8 Å². The fourth-order valence-electron chi connectivity index (χ4n) is 3.10. The number of rotatable bonds is 4. The van der Waals surface area contributed by atoms with Crippen molar-refractivity contribution in [2.45, 2.75) is 36.4 Å². The molecule has 0 bridgehead atoms.